The zero-order chi connectivity index (χ0) is 9.30. The molecule has 0 saturated carbocycles. The van der Waals surface area contributed by atoms with E-state index in [1.165, 1.54) is 0 Å². The normalized spacial score (nSPS) is 10.6. The van der Waals surface area contributed by atoms with E-state index >= 15 is 0 Å². The van der Waals surface area contributed by atoms with Crippen LogP contribution in [0.5, 0.6) is 0 Å². The van der Waals surface area contributed by atoms with E-state index in [1.54, 1.807) is 10.9 Å². The summed E-state index contributed by atoms with van der Waals surface area (Å²) in [6.45, 7) is 8.02. The first-order valence-electron chi connectivity index (χ1n) is 4.33. The van der Waals surface area contributed by atoms with E-state index < -0.39 is 0 Å². The Morgan fingerprint density at radius 2 is 1.85 bits per heavy atom. The van der Waals surface area contributed by atoms with Gasteiger partial charge in [0.05, 0.1) is 0 Å². The molecule has 1 N–H and O–H groups in total. The Kier molecular flexibility index (Phi) is 4.69. The predicted octanol–water partition coefficient (Wildman–Crippen LogP) is 1.88. The Balaban J connectivity index is 0.00000144. The van der Waals surface area contributed by atoms with Crippen molar-refractivity contribution in [2.24, 2.45) is 0 Å². The standard InChI is InChI=1S/C9H16N2O.W/c1-6(2)8-5-10-11(7(3)4)9(8)12;/h5-7,10H,1-4H3;. The van der Waals surface area contributed by atoms with Crippen molar-refractivity contribution < 1.29 is 21.1 Å². The van der Waals surface area contributed by atoms with Crippen molar-refractivity contribution in [1.82, 2.24) is 9.78 Å². The van der Waals surface area contributed by atoms with Gasteiger partial charge in [0.15, 0.2) is 0 Å². The molecule has 0 aromatic carbocycles. The van der Waals surface area contributed by atoms with Crippen LogP contribution in [0.1, 0.15) is 45.2 Å². The van der Waals surface area contributed by atoms with Crippen molar-refractivity contribution in [3.63, 3.8) is 0 Å². The van der Waals surface area contributed by atoms with Gasteiger partial charge in [-0.3, -0.25) is 9.48 Å². The van der Waals surface area contributed by atoms with Crippen LogP contribution in [0.2, 0.25) is 0 Å². The third-order valence-electron chi connectivity index (χ3n) is 1.96. The molecule has 0 spiro atoms. The Morgan fingerprint density at radius 3 is 2.08 bits per heavy atom. The van der Waals surface area contributed by atoms with Gasteiger partial charge in [-0.2, -0.15) is 0 Å². The minimum Gasteiger partial charge on any atom is -0.302 e. The minimum atomic E-state index is 0. The fourth-order valence-corrected chi connectivity index (χ4v) is 1.20. The molecule has 1 rings (SSSR count). The number of hydrogen-bond donors (Lipinski definition) is 1. The molecule has 0 aliphatic rings. The molecule has 0 fully saturated rings. The predicted molar refractivity (Wildman–Crippen MR) is 49.5 cm³/mol. The third kappa shape index (κ3) is 2.57. The van der Waals surface area contributed by atoms with Gasteiger partial charge in [0.2, 0.25) is 0 Å². The van der Waals surface area contributed by atoms with Crippen molar-refractivity contribution in [2.75, 3.05) is 0 Å². The number of rotatable bonds is 2. The van der Waals surface area contributed by atoms with Crippen LogP contribution < -0.4 is 5.56 Å². The van der Waals surface area contributed by atoms with Crippen LogP contribution in [-0.2, 0) is 21.1 Å². The molecule has 74 valence electrons. The molecule has 0 atom stereocenters. The second-order valence-corrected chi connectivity index (χ2v) is 3.65. The summed E-state index contributed by atoms with van der Waals surface area (Å²) < 4.78 is 1.65. The topological polar surface area (TPSA) is 37.8 Å². The monoisotopic (exact) mass is 352 g/mol. The zero-order valence-corrected chi connectivity index (χ0v) is 11.4. The smallest absolute Gasteiger partial charge is 0.270 e. The summed E-state index contributed by atoms with van der Waals surface area (Å²) in [4.78, 5) is 11.6. The minimum absolute atomic E-state index is 0. The Hall–Kier alpha value is -0.302. The van der Waals surface area contributed by atoms with E-state index in [0.717, 1.165) is 5.56 Å². The van der Waals surface area contributed by atoms with Crippen molar-refractivity contribution >= 4 is 0 Å². The van der Waals surface area contributed by atoms with Crippen molar-refractivity contribution in [1.29, 1.82) is 0 Å². The first kappa shape index (κ1) is 12.7. The second kappa shape index (κ2) is 4.80. The van der Waals surface area contributed by atoms with Crippen molar-refractivity contribution in [2.45, 2.75) is 39.7 Å². The van der Waals surface area contributed by atoms with Crippen LogP contribution in [0.15, 0.2) is 11.0 Å². The SMILES string of the molecule is CC(C)c1c[nH]n(C(C)C)c1=O.[W]. The van der Waals surface area contributed by atoms with Gasteiger partial charge >= 0.3 is 0 Å². The molecule has 0 radical (unpaired) electrons. The first-order valence-corrected chi connectivity index (χ1v) is 4.33. The van der Waals surface area contributed by atoms with E-state index in [2.05, 4.69) is 5.10 Å². The number of nitrogens with zero attached hydrogens (tertiary/aromatic N) is 1. The summed E-state index contributed by atoms with van der Waals surface area (Å²) in [6, 6.07) is 0.213. The van der Waals surface area contributed by atoms with E-state index in [0.29, 0.717) is 5.92 Å². The van der Waals surface area contributed by atoms with Gasteiger partial charge in [-0.25, -0.2) is 0 Å². The van der Waals surface area contributed by atoms with Gasteiger partial charge in [-0.15, -0.1) is 0 Å². The molecule has 3 nitrogen and oxygen atoms in total. The second-order valence-electron chi connectivity index (χ2n) is 3.65. The molecule has 0 aliphatic heterocycles. The van der Waals surface area contributed by atoms with E-state index in [9.17, 15) is 4.79 Å². The van der Waals surface area contributed by atoms with Crippen LogP contribution in [0, 0.1) is 0 Å². The summed E-state index contributed by atoms with van der Waals surface area (Å²) in [6.07, 6.45) is 1.80. The van der Waals surface area contributed by atoms with Gasteiger partial charge in [0.1, 0.15) is 0 Å². The molecule has 0 bridgehead atoms. The molecule has 0 aliphatic carbocycles. The molecular formula is C9H16N2OW. The Labute approximate surface area is 92.8 Å². The summed E-state index contributed by atoms with van der Waals surface area (Å²) >= 11 is 0. The number of aromatic nitrogens is 2. The fourth-order valence-electron chi connectivity index (χ4n) is 1.20. The summed E-state index contributed by atoms with van der Waals surface area (Å²) in [5.41, 5.74) is 0.976. The summed E-state index contributed by atoms with van der Waals surface area (Å²) in [5, 5.41) is 2.96. The number of hydrogen-bond acceptors (Lipinski definition) is 1. The number of nitrogens with one attached hydrogen (secondary N) is 1. The van der Waals surface area contributed by atoms with Gasteiger partial charge < -0.3 is 5.10 Å². The van der Waals surface area contributed by atoms with Gasteiger partial charge in [-0.05, 0) is 19.8 Å². The maximum atomic E-state index is 11.6. The molecule has 0 saturated heterocycles. The largest absolute Gasteiger partial charge is 0.302 e. The molecule has 0 amide bonds. The Morgan fingerprint density at radius 1 is 1.31 bits per heavy atom. The molecule has 1 aromatic rings. The quantitative estimate of drug-likeness (QED) is 0.867. The maximum absolute atomic E-state index is 11.6. The van der Waals surface area contributed by atoms with Crippen molar-refractivity contribution in [3.05, 3.63) is 22.1 Å². The summed E-state index contributed by atoms with van der Waals surface area (Å²) in [5.74, 6) is 0.300. The molecular weight excluding hydrogens is 336 g/mol. The average Bonchev–Trinajstić information content (AvgIpc) is 2.30. The zero-order valence-electron chi connectivity index (χ0n) is 8.50. The van der Waals surface area contributed by atoms with E-state index in [1.807, 2.05) is 27.7 Å². The number of aromatic amines is 1. The average molecular weight is 352 g/mol. The third-order valence-corrected chi connectivity index (χ3v) is 1.96. The van der Waals surface area contributed by atoms with Gasteiger partial charge in [0, 0.05) is 38.9 Å². The van der Waals surface area contributed by atoms with Gasteiger partial charge in [0.25, 0.3) is 5.56 Å². The van der Waals surface area contributed by atoms with E-state index in [-0.39, 0.29) is 32.7 Å². The molecule has 1 heterocycles. The fraction of sp³-hybridized carbons (Fsp3) is 0.667. The molecule has 4 heteroatoms. The van der Waals surface area contributed by atoms with Crippen LogP contribution in [0.4, 0.5) is 0 Å². The van der Waals surface area contributed by atoms with Gasteiger partial charge in [-0.1, -0.05) is 13.8 Å². The van der Waals surface area contributed by atoms with Crippen LogP contribution >= 0.6 is 0 Å². The molecule has 13 heavy (non-hydrogen) atoms. The Bertz CT molecular complexity index is 283. The molecule has 0 unspecified atom stereocenters. The van der Waals surface area contributed by atoms with Crippen LogP contribution in [0.3, 0.4) is 0 Å². The van der Waals surface area contributed by atoms with Crippen LogP contribution in [-0.4, -0.2) is 9.78 Å². The van der Waals surface area contributed by atoms with Crippen LogP contribution in [0.25, 0.3) is 0 Å². The first-order chi connectivity index (χ1) is 5.54. The maximum Gasteiger partial charge on any atom is 0.270 e. The summed E-state index contributed by atoms with van der Waals surface area (Å²) in [7, 11) is 0. The molecule has 1 aromatic heterocycles. The number of H-pyrrole nitrogens is 1. The van der Waals surface area contributed by atoms with E-state index in [4.69, 9.17) is 0 Å². The van der Waals surface area contributed by atoms with Crippen molar-refractivity contribution in [3.8, 4) is 0 Å².